The molecule has 1 aromatic heterocycles. The van der Waals surface area contributed by atoms with Crippen LogP contribution >= 0.6 is 0 Å². The molecule has 0 aliphatic carbocycles. The summed E-state index contributed by atoms with van der Waals surface area (Å²) < 4.78 is 110. The van der Waals surface area contributed by atoms with Gasteiger partial charge in [0, 0.05) is 184 Å². The summed E-state index contributed by atoms with van der Waals surface area (Å²) in [6, 6.07) is 11.5. The van der Waals surface area contributed by atoms with Gasteiger partial charge in [0.2, 0.25) is 0 Å². The summed E-state index contributed by atoms with van der Waals surface area (Å²) in [6.45, 7) is 2.67. The van der Waals surface area contributed by atoms with E-state index in [1.165, 1.54) is 13.7 Å². The zero-order chi connectivity index (χ0) is 63.4. The van der Waals surface area contributed by atoms with Crippen molar-refractivity contribution in [1.29, 1.82) is 0 Å². The van der Waals surface area contributed by atoms with E-state index in [-0.39, 0.29) is 19.6 Å². The standard InChI is InChI=1S/C52H117N3O21Si8/c1-20-21-22-33-53-50(56)54(34-23-25-36-77(38-27-44-79(59-2,60-3)61-4,39-28-45-80(62-5,63-6)64-7)40-29-46-81(65-8,66-9)67-10)52(58)55(51(53)57)35-24-26-37-78(41-30-47-82(68-11,69-12)70-13,42-31-48-83(71-14,72-15)73-16)43-32-49-84(74-17,75-18)76-19/h20-49H2,1-19H3. The molecular formula is C52H117N3O21Si8. The molecule has 0 N–H and O–H groups in total. The molecule has 0 unspecified atom stereocenters. The van der Waals surface area contributed by atoms with Gasteiger partial charge in [-0.05, 0) is 19.3 Å². The summed E-state index contributed by atoms with van der Waals surface area (Å²) in [6.07, 6.45) is 10.0. The fraction of sp³-hybridized carbons (Fsp3) is 0.942. The van der Waals surface area contributed by atoms with Crippen LogP contribution in [0.25, 0.3) is 0 Å². The van der Waals surface area contributed by atoms with Gasteiger partial charge in [-0.25, -0.2) is 28.1 Å². The van der Waals surface area contributed by atoms with Crippen LogP contribution in [0.4, 0.5) is 0 Å². The van der Waals surface area contributed by atoms with Crippen molar-refractivity contribution in [1.82, 2.24) is 13.7 Å². The minimum Gasteiger partial charge on any atom is -0.377 e. The van der Waals surface area contributed by atoms with Crippen LogP contribution in [0.1, 0.15) is 90.4 Å². The van der Waals surface area contributed by atoms with E-state index in [9.17, 15) is 14.4 Å². The van der Waals surface area contributed by atoms with Crippen LogP contribution in [0.2, 0.25) is 84.6 Å². The molecule has 1 aromatic rings. The van der Waals surface area contributed by atoms with Crippen LogP contribution in [0.15, 0.2) is 14.4 Å². The maximum absolute atomic E-state index is 14.7. The van der Waals surface area contributed by atoms with E-state index in [4.69, 9.17) is 79.7 Å². The molecule has 1 heterocycles. The van der Waals surface area contributed by atoms with Crippen LogP contribution in [-0.4, -0.2) is 211 Å². The van der Waals surface area contributed by atoms with E-state index in [1.807, 2.05) is 0 Å². The van der Waals surface area contributed by atoms with Gasteiger partial charge in [-0.15, -0.1) is 0 Å². The highest BCUT2D eigenvalue weighted by molar-refractivity contribution is 6.81. The first kappa shape index (κ1) is 81.4. The SMILES string of the molecule is CCCCCn1c(=O)n(CCCC[Si](CCC[Si](OC)(OC)OC)(CCC[Si](OC)(OC)OC)CCC[Si](OC)(OC)OC)c(=O)n(CCCC[Si](CCC[Si](OC)(OC)OC)(CCC[Si](OC)(OC)OC)CCC[Si](OC)(OC)OC)c1=O. The summed E-state index contributed by atoms with van der Waals surface area (Å²) in [7, 11) is 7.75. The van der Waals surface area contributed by atoms with E-state index >= 15 is 0 Å². The zero-order valence-corrected chi connectivity index (χ0v) is 63.6. The highest BCUT2D eigenvalue weighted by Gasteiger charge is 2.46. The van der Waals surface area contributed by atoms with Crippen LogP contribution in [-0.2, 0) is 99.3 Å². The third kappa shape index (κ3) is 24.6. The van der Waals surface area contributed by atoms with Crippen LogP contribution in [0, 0.1) is 0 Å². The van der Waals surface area contributed by atoms with E-state index in [2.05, 4.69) is 6.92 Å². The maximum atomic E-state index is 14.7. The van der Waals surface area contributed by atoms with E-state index in [0.29, 0.717) is 55.5 Å². The molecule has 1 rings (SSSR count). The first-order chi connectivity index (χ1) is 40.2. The molecule has 0 aliphatic heterocycles. The summed E-state index contributed by atoms with van der Waals surface area (Å²) in [5.41, 5.74) is -1.68. The average molecular weight is 1350 g/mol. The topological polar surface area (TPSA) is 232 Å². The predicted molar refractivity (Wildman–Crippen MR) is 344 cm³/mol. The lowest BCUT2D eigenvalue weighted by molar-refractivity contribution is 0.122. The van der Waals surface area contributed by atoms with Crippen molar-refractivity contribution in [2.45, 2.75) is 195 Å². The van der Waals surface area contributed by atoms with Crippen molar-refractivity contribution in [2.24, 2.45) is 0 Å². The van der Waals surface area contributed by atoms with Crippen LogP contribution in [0.5, 0.6) is 0 Å². The lowest BCUT2D eigenvalue weighted by Crippen LogP contribution is -2.54. The van der Waals surface area contributed by atoms with Crippen molar-refractivity contribution in [3.05, 3.63) is 31.5 Å². The Morgan fingerprint density at radius 2 is 0.381 bits per heavy atom. The first-order valence-electron chi connectivity index (χ1n) is 30.1. The summed E-state index contributed by atoms with van der Waals surface area (Å²) in [5, 5.41) is 0. The Kier molecular flexibility index (Phi) is 41.2. The maximum Gasteiger partial charge on any atom is 0.500 e. The lowest BCUT2D eigenvalue weighted by atomic mass is 10.2. The Morgan fingerprint density at radius 3 is 0.536 bits per heavy atom. The quantitative estimate of drug-likeness (QED) is 0.0440. The second kappa shape index (κ2) is 42.5. The fourth-order valence-electron chi connectivity index (χ4n) is 12.2. The molecule has 0 bridgehead atoms. The van der Waals surface area contributed by atoms with Crippen molar-refractivity contribution in [3.8, 4) is 0 Å². The van der Waals surface area contributed by atoms with E-state index < -0.39 is 86.0 Å². The molecule has 0 atom stereocenters. The summed E-state index contributed by atoms with van der Waals surface area (Å²) in [4.78, 5) is 43.6. The molecule has 0 saturated heterocycles. The summed E-state index contributed by atoms with van der Waals surface area (Å²) >= 11 is 0. The highest BCUT2D eigenvalue weighted by atomic mass is 28.4. The monoisotopic (exact) mass is 1340 g/mol. The minimum absolute atomic E-state index is 0.180. The number of hydrogen-bond acceptors (Lipinski definition) is 21. The van der Waals surface area contributed by atoms with Gasteiger partial charge in [0.05, 0.1) is 16.1 Å². The molecule has 0 aliphatic rings. The smallest absolute Gasteiger partial charge is 0.377 e. The third-order valence-electron chi connectivity index (χ3n) is 17.8. The molecule has 0 amide bonds. The highest BCUT2D eigenvalue weighted by Crippen LogP contribution is 2.39. The van der Waals surface area contributed by atoms with Gasteiger partial charge in [0.1, 0.15) is 0 Å². The van der Waals surface area contributed by atoms with Gasteiger partial charge < -0.3 is 79.7 Å². The largest absolute Gasteiger partial charge is 0.500 e. The van der Waals surface area contributed by atoms with Crippen LogP contribution in [0.3, 0.4) is 0 Å². The molecule has 0 spiro atoms. The molecule has 32 heteroatoms. The number of nitrogens with zero attached hydrogens (tertiary/aromatic N) is 3. The molecule has 0 radical (unpaired) electrons. The van der Waals surface area contributed by atoms with Gasteiger partial charge in [0.15, 0.2) is 0 Å². The minimum atomic E-state index is -2.89. The van der Waals surface area contributed by atoms with Gasteiger partial charge in [-0.1, -0.05) is 119 Å². The Bertz CT molecular complexity index is 1750. The third-order valence-corrected chi connectivity index (χ3v) is 46.1. The number of hydrogen-bond donors (Lipinski definition) is 0. The van der Waals surface area contributed by atoms with Gasteiger partial charge in [0.25, 0.3) is 0 Å². The predicted octanol–water partition coefficient (Wildman–Crippen LogP) is 8.43. The van der Waals surface area contributed by atoms with Crippen molar-refractivity contribution in [3.63, 3.8) is 0 Å². The molecule has 0 saturated carbocycles. The molecule has 24 nitrogen and oxygen atoms in total. The molecule has 0 fully saturated rings. The number of rotatable bonds is 56. The molecule has 0 aromatic carbocycles. The number of aromatic nitrogens is 3. The first-order valence-corrected chi connectivity index (χ1v) is 47.3. The summed E-state index contributed by atoms with van der Waals surface area (Å²) in [5.74, 6) is 0. The Hall–Kier alpha value is -0.575. The Balaban J connectivity index is 3.89. The van der Waals surface area contributed by atoms with E-state index in [0.717, 1.165) is 113 Å². The van der Waals surface area contributed by atoms with Gasteiger partial charge >= 0.3 is 69.9 Å². The normalized spacial score (nSPS) is 13.5. The molecule has 84 heavy (non-hydrogen) atoms. The second-order valence-corrected chi connectivity index (χ2v) is 50.4. The molecule has 498 valence electrons. The van der Waals surface area contributed by atoms with Crippen molar-refractivity contribution in [2.75, 3.05) is 128 Å². The average Bonchev–Trinajstić information content (AvgIpc) is 2.89. The Morgan fingerprint density at radius 1 is 0.226 bits per heavy atom. The van der Waals surface area contributed by atoms with Gasteiger partial charge in [-0.2, -0.15) is 0 Å². The zero-order valence-electron chi connectivity index (χ0n) is 55.6. The molecular weight excluding hydrogens is 1230 g/mol. The fourth-order valence-corrected chi connectivity index (χ4v) is 35.2. The lowest BCUT2D eigenvalue weighted by Gasteiger charge is -2.35. The van der Waals surface area contributed by atoms with Crippen molar-refractivity contribution < 1.29 is 79.7 Å². The Labute approximate surface area is 513 Å². The van der Waals surface area contributed by atoms with Gasteiger partial charge in [-0.3, -0.25) is 0 Å². The van der Waals surface area contributed by atoms with E-state index in [1.54, 1.807) is 128 Å². The number of unbranched alkanes of at least 4 members (excludes halogenated alkanes) is 4. The second-order valence-electron chi connectivity index (χ2n) is 21.8. The van der Waals surface area contributed by atoms with Crippen molar-refractivity contribution >= 4 is 69.0 Å². The van der Waals surface area contributed by atoms with Crippen LogP contribution < -0.4 is 17.1 Å².